The molecule has 0 aliphatic carbocycles. The van der Waals surface area contributed by atoms with E-state index in [1.165, 1.54) is 24.3 Å². The molecular formula is C24H16N6O3. The summed E-state index contributed by atoms with van der Waals surface area (Å²) < 4.78 is 7.37. The molecule has 0 amide bonds. The molecule has 0 atom stereocenters. The van der Waals surface area contributed by atoms with Crippen molar-refractivity contribution in [2.24, 2.45) is 0 Å². The van der Waals surface area contributed by atoms with Crippen LogP contribution >= 0.6 is 0 Å². The van der Waals surface area contributed by atoms with Gasteiger partial charge in [-0.15, -0.1) is 5.10 Å². The fourth-order valence-corrected chi connectivity index (χ4v) is 3.30. The third kappa shape index (κ3) is 4.84. The summed E-state index contributed by atoms with van der Waals surface area (Å²) in [5.74, 6) is 0.478. The van der Waals surface area contributed by atoms with Crippen LogP contribution in [0.25, 0.3) is 0 Å². The molecule has 0 unspecified atom stereocenters. The molecular weight excluding hydrogens is 420 g/mol. The van der Waals surface area contributed by atoms with Gasteiger partial charge in [0.2, 0.25) is 0 Å². The van der Waals surface area contributed by atoms with Gasteiger partial charge in [-0.3, -0.25) is 10.1 Å². The van der Waals surface area contributed by atoms with Crippen LogP contribution in [0.3, 0.4) is 0 Å². The lowest BCUT2D eigenvalue weighted by molar-refractivity contribution is -0.384. The number of hydrogen-bond acceptors (Lipinski definition) is 7. The van der Waals surface area contributed by atoms with Gasteiger partial charge in [-0.05, 0) is 47.5 Å². The number of benzene rings is 3. The SMILES string of the molecule is N#Cc1ccc(C(c2ccc(C#N)cc2)n2cc(COc3ccc([N+](=O)[O-])cc3)nn2)cc1. The summed E-state index contributed by atoms with van der Waals surface area (Å²) in [5, 5.41) is 37.4. The molecule has 0 aliphatic heterocycles. The zero-order valence-electron chi connectivity index (χ0n) is 17.2. The number of nitriles is 2. The summed E-state index contributed by atoms with van der Waals surface area (Å²) in [5.41, 5.74) is 3.45. The summed E-state index contributed by atoms with van der Waals surface area (Å²) in [7, 11) is 0. The molecule has 0 bridgehead atoms. The second-order valence-electron chi connectivity index (χ2n) is 7.10. The third-order valence-electron chi connectivity index (χ3n) is 4.97. The first-order valence-corrected chi connectivity index (χ1v) is 9.85. The van der Waals surface area contributed by atoms with Gasteiger partial charge in [-0.1, -0.05) is 29.5 Å². The van der Waals surface area contributed by atoms with Gasteiger partial charge in [0.15, 0.2) is 0 Å². The van der Waals surface area contributed by atoms with Crippen molar-refractivity contribution in [1.82, 2.24) is 15.0 Å². The average molecular weight is 436 g/mol. The van der Waals surface area contributed by atoms with Crippen molar-refractivity contribution >= 4 is 5.69 Å². The smallest absolute Gasteiger partial charge is 0.269 e. The van der Waals surface area contributed by atoms with Gasteiger partial charge >= 0.3 is 0 Å². The Kier molecular flexibility index (Phi) is 6.05. The number of nitro benzene ring substituents is 1. The number of non-ortho nitro benzene ring substituents is 1. The van der Waals surface area contributed by atoms with E-state index in [9.17, 15) is 10.1 Å². The number of ether oxygens (including phenoxy) is 1. The van der Waals surface area contributed by atoms with E-state index in [0.29, 0.717) is 22.6 Å². The van der Waals surface area contributed by atoms with Crippen molar-refractivity contribution < 1.29 is 9.66 Å². The summed E-state index contributed by atoms with van der Waals surface area (Å²) in [6, 6.07) is 24.1. The fourth-order valence-electron chi connectivity index (χ4n) is 3.30. The van der Waals surface area contributed by atoms with E-state index < -0.39 is 4.92 Å². The van der Waals surface area contributed by atoms with Gasteiger partial charge in [0.25, 0.3) is 5.69 Å². The zero-order valence-corrected chi connectivity index (χ0v) is 17.2. The zero-order chi connectivity index (χ0) is 23.2. The minimum Gasteiger partial charge on any atom is -0.487 e. The van der Waals surface area contributed by atoms with Crippen molar-refractivity contribution in [3.63, 3.8) is 0 Å². The Labute approximate surface area is 188 Å². The minimum atomic E-state index is -0.470. The molecule has 160 valence electrons. The Morgan fingerprint density at radius 2 is 1.45 bits per heavy atom. The van der Waals surface area contributed by atoms with Crippen molar-refractivity contribution in [1.29, 1.82) is 10.5 Å². The van der Waals surface area contributed by atoms with Crippen LogP contribution < -0.4 is 4.74 Å². The van der Waals surface area contributed by atoms with E-state index in [4.69, 9.17) is 15.3 Å². The molecule has 4 rings (SSSR count). The third-order valence-corrected chi connectivity index (χ3v) is 4.97. The average Bonchev–Trinajstić information content (AvgIpc) is 3.32. The lowest BCUT2D eigenvalue weighted by Gasteiger charge is -2.18. The Bertz CT molecular complexity index is 1290. The number of nitrogens with zero attached hydrogens (tertiary/aromatic N) is 6. The van der Waals surface area contributed by atoms with E-state index in [1.54, 1.807) is 35.1 Å². The second kappa shape index (κ2) is 9.41. The highest BCUT2D eigenvalue weighted by Gasteiger charge is 2.19. The molecule has 0 saturated carbocycles. The normalized spacial score (nSPS) is 10.4. The van der Waals surface area contributed by atoms with E-state index in [2.05, 4.69) is 22.5 Å². The number of nitro groups is 1. The predicted octanol–water partition coefficient (Wildman–Crippen LogP) is 4.15. The van der Waals surface area contributed by atoms with Crippen molar-refractivity contribution in [2.75, 3.05) is 0 Å². The van der Waals surface area contributed by atoms with Gasteiger partial charge < -0.3 is 4.74 Å². The summed E-state index contributed by atoms with van der Waals surface area (Å²) in [6.07, 6.45) is 1.76. The Morgan fingerprint density at radius 1 is 0.909 bits per heavy atom. The highest BCUT2D eigenvalue weighted by molar-refractivity contribution is 5.40. The Balaban J connectivity index is 1.58. The lowest BCUT2D eigenvalue weighted by Crippen LogP contribution is -2.13. The first kappa shape index (κ1) is 21.2. The topological polar surface area (TPSA) is 131 Å². The largest absolute Gasteiger partial charge is 0.487 e. The quantitative estimate of drug-likeness (QED) is 0.314. The minimum absolute atomic E-state index is 0.0130. The highest BCUT2D eigenvalue weighted by atomic mass is 16.6. The highest BCUT2D eigenvalue weighted by Crippen LogP contribution is 2.27. The lowest BCUT2D eigenvalue weighted by atomic mass is 9.97. The maximum atomic E-state index is 10.8. The first-order valence-electron chi connectivity index (χ1n) is 9.85. The molecule has 1 aromatic heterocycles. The van der Waals surface area contributed by atoms with Crippen LogP contribution in [-0.4, -0.2) is 19.9 Å². The molecule has 0 radical (unpaired) electrons. The number of hydrogen-bond donors (Lipinski definition) is 0. The van der Waals surface area contributed by atoms with Crippen LogP contribution in [0.1, 0.15) is 34.0 Å². The summed E-state index contributed by atoms with van der Waals surface area (Å²) in [4.78, 5) is 10.3. The predicted molar refractivity (Wildman–Crippen MR) is 117 cm³/mol. The Hall–Kier alpha value is -5.02. The van der Waals surface area contributed by atoms with Crippen LogP contribution in [0.2, 0.25) is 0 Å². The monoisotopic (exact) mass is 436 g/mol. The fraction of sp³-hybridized carbons (Fsp3) is 0.0833. The molecule has 3 aromatic carbocycles. The molecule has 0 aliphatic rings. The van der Waals surface area contributed by atoms with Crippen LogP contribution in [0, 0.1) is 32.8 Å². The number of rotatable bonds is 7. The van der Waals surface area contributed by atoms with E-state index in [1.807, 2.05) is 24.3 Å². The van der Waals surface area contributed by atoms with Crippen molar-refractivity contribution in [2.45, 2.75) is 12.6 Å². The van der Waals surface area contributed by atoms with Gasteiger partial charge in [0, 0.05) is 12.1 Å². The van der Waals surface area contributed by atoms with Crippen LogP contribution in [-0.2, 0) is 6.61 Å². The second-order valence-corrected chi connectivity index (χ2v) is 7.10. The van der Waals surface area contributed by atoms with Gasteiger partial charge in [-0.2, -0.15) is 10.5 Å². The molecule has 9 nitrogen and oxygen atoms in total. The van der Waals surface area contributed by atoms with E-state index in [-0.39, 0.29) is 18.3 Å². The molecule has 1 heterocycles. The van der Waals surface area contributed by atoms with E-state index >= 15 is 0 Å². The summed E-state index contributed by atoms with van der Waals surface area (Å²) in [6.45, 7) is 0.130. The van der Waals surface area contributed by atoms with Crippen molar-refractivity contribution in [3.05, 3.63) is 117 Å². The molecule has 0 fully saturated rings. The Morgan fingerprint density at radius 3 is 1.94 bits per heavy atom. The molecule has 4 aromatic rings. The van der Waals surface area contributed by atoms with Crippen LogP contribution in [0.15, 0.2) is 79.0 Å². The molecule has 0 spiro atoms. The number of aromatic nitrogens is 3. The molecule has 0 saturated heterocycles. The first-order chi connectivity index (χ1) is 16.1. The maximum absolute atomic E-state index is 10.8. The van der Waals surface area contributed by atoms with Crippen molar-refractivity contribution in [3.8, 4) is 17.9 Å². The maximum Gasteiger partial charge on any atom is 0.269 e. The molecule has 9 heteroatoms. The van der Waals surface area contributed by atoms with Gasteiger partial charge in [0.05, 0.1) is 34.4 Å². The molecule has 0 N–H and O–H groups in total. The molecule has 33 heavy (non-hydrogen) atoms. The van der Waals surface area contributed by atoms with Crippen LogP contribution in [0.5, 0.6) is 5.75 Å². The van der Waals surface area contributed by atoms with Gasteiger partial charge in [-0.25, -0.2) is 4.68 Å². The van der Waals surface area contributed by atoms with E-state index in [0.717, 1.165) is 11.1 Å². The standard InChI is InChI=1S/C24H16N6O3/c25-13-17-1-5-19(6-2-17)24(20-7-3-18(14-26)4-8-20)29-15-21(27-28-29)16-33-23-11-9-22(10-12-23)30(31)32/h1-12,15,24H,16H2. The summed E-state index contributed by atoms with van der Waals surface area (Å²) >= 11 is 0. The van der Waals surface area contributed by atoms with Crippen LogP contribution in [0.4, 0.5) is 5.69 Å². The van der Waals surface area contributed by atoms with Gasteiger partial charge in [0.1, 0.15) is 24.1 Å².